The largest absolute Gasteiger partial charge is 1.00 e. The Balaban J connectivity index is 0.00000300. The zero-order valence-electron chi connectivity index (χ0n) is 15.0. The van der Waals surface area contributed by atoms with E-state index in [0.29, 0.717) is 17.3 Å². The van der Waals surface area contributed by atoms with E-state index in [2.05, 4.69) is 5.32 Å². The maximum atomic E-state index is 12.3. The van der Waals surface area contributed by atoms with Gasteiger partial charge in [-0.1, -0.05) is 6.07 Å². The summed E-state index contributed by atoms with van der Waals surface area (Å²) in [5.41, 5.74) is 6.57. The molecule has 0 aliphatic rings. The first-order valence-electron chi connectivity index (χ1n) is 7.65. The van der Waals surface area contributed by atoms with Crippen molar-refractivity contribution in [2.75, 3.05) is 11.1 Å². The Kier molecular flexibility index (Phi) is 6.75. The number of nitrogens with two attached hydrogens (primary N) is 1. The van der Waals surface area contributed by atoms with Gasteiger partial charge in [-0.3, -0.25) is 13.9 Å². The molecule has 0 bridgehead atoms. The monoisotopic (exact) mass is 445 g/mol. The van der Waals surface area contributed by atoms with Crippen molar-refractivity contribution in [3.05, 3.63) is 60.2 Å². The van der Waals surface area contributed by atoms with Gasteiger partial charge >= 0.3 is 29.6 Å². The van der Waals surface area contributed by atoms with E-state index >= 15 is 0 Å². The molecule has 3 aromatic rings. The van der Waals surface area contributed by atoms with E-state index in [4.69, 9.17) is 5.73 Å². The number of nitrogen functional groups attached to an aromatic ring is 1. The SMILES string of the molecule is Nc1ccc(C(=O)Nc2ccc3cc(S(=O)(=O)O)cc(S(=O)(=O)O)c3c2)cc1.[Na+]. The first-order valence-corrected chi connectivity index (χ1v) is 10.5. The summed E-state index contributed by atoms with van der Waals surface area (Å²) in [6.07, 6.45) is 0. The second-order valence-corrected chi connectivity index (χ2v) is 8.70. The number of rotatable bonds is 4. The average Bonchev–Trinajstić information content (AvgIpc) is 2.59. The first kappa shape index (κ1) is 23.3. The average molecular weight is 445 g/mol. The van der Waals surface area contributed by atoms with Crippen molar-refractivity contribution in [2.45, 2.75) is 9.79 Å². The predicted octanol–water partition coefficient (Wildman–Crippen LogP) is -0.828. The van der Waals surface area contributed by atoms with Crippen molar-refractivity contribution in [3.8, 4) is 0 Å². The molecule has 12 heteroatoms. The molecule has 0 atom stereocenters. The van der Waals surface area contributed by atoms with Crippen molar-refractivity contribution in [1.29, 1.82) is 0 Å². The van der Waals surface area contributed by atoms with Gasteiger partial charge in [0.25, 0.3) is 26.1 Å². The second-order valence-electron chi connectivity index (χ2n) is 5.88. The van der Waals surface area contributed by atoms with Gasteiger partial charge in [0.15, 0.2) is 0 Å². The van der Waals surface area contributed by atoms with Crippen LogP contribution in [0.4, 0.5) is 11.4 Å². The zero-order valence-corrected chi connectivity index (χ0v) is 18.7. The van der Waals surface area contributed by atoms with E-state index in [1.54, 1.807) is 12.1 Å². The van der Waals surface area contributed by atoms with E-state index in [1.807, 2.05) is 0 Å². The molecule has 0 saturated carbocycles. The third-order valence-electron chi connectivity index (χ3n) is 3.90. The summed E-state index contributed by atoms with van der Waals surface area (Å²) in [6, 6.07) is 11.8. The predicted molar refractivity (Wildman–Crippen MR) is 102 cm³/mol. The standard InChI is InChI=1S/C17H14N2O7S2.Na/c18-12-4-1-10(2-5-12)17(20)19-13-6-3-11-7-14(27(21,22)23)9-16(15(11)8-13)28(24,25)26;/h1-9H,18H2,(H,19,20)(H,21,22,23)(H,24,25,26);/q;+1. The van der Waals surface area contributed by atoms with E-state index in [9.17, 15) is 30.7 Å². The Morgan fingerprint density at radius 1 is 0.862 bits per heavy atom. The minimum atomic E-state index is -4.82. The summed E-state index contributed by atoms with van der Waals surface area (Å²) in [6.45, 7) is 0. The molecule has 146 valence electrons. The van der Waals surface area contributed by atoms with E-state index in [1.165, 1.54) is 30.3 Å². The maximum Gasteiger partial charge on any atom is 1.00 e. The summed E-state index contributed by atoms with van der Waals surface area (Å²) in [5, 5.41) is 2.65. The van der Waals surface area contributed by atoms with Crippen LogP contribution in [0.5, 0.6) is 0 Å². The van der Waals surface area contributed by atoms with Gasteiger partial charge in [-0.15, -0.1) is 0 Å². The van der Waals surface area contributed by atoms with Gasteiger partial charge in [-0.25, -0.2) is 0 Å². The van der Waals surface area contributed by atoms with Crippen LogP contribution in [-0.2, 0) is 20.2 Å². The summed E-state index contributed by atoms with van der Waals surface area (Å²) in [4.78, 5) is 10.9. The number of hydrogen-bond donors (Lipinski definition) is 4. The molecule has 0 unspecified atom stereocenters. The van der Waals surface area contributed by atoms with Crippen LogP contribution >= 0.6 is 0 Å². The van der Waals surface area contributed by atoms with Crippen LogP contribution in [0.15, 0.2) is 64.4 Å². The molecule has 0 aromatic heterocycles. The van der Waals surface area contributed by atoms with E-state index in [-0.39, 0.29) is 46.0 Å². The molecule has 0 radical (unpaired) electrons. The molecule has 0 saturated heterocycles. The van der Waals surface area contributed by atoms with Gasteiger partial charge in [0.2, 0.25) is 0 Å². The molecule has 3 rings (SSSR count). The quantitative estimate of drug-likeness (QED) is 0.230. The Bertz CT molecular complexity index is 1310. The zero-order chi connectivity index (χ0) is 20.7. The first-order chi connectivity index (χ1) is 12.9. The molecule has 29 heavy (non-hydrogen) atoms. The fraction of sp³-hybridized carbons (Fsp3) is 0. The molecule has 1 amide bonds. The van der Waals surface area contributed by atoms with Crippen molar-refractivity contribution < 1.29 is 60.3 Å². The summed E-state index contributed by atoms with van der Waals surface area (Å²) in [7, 11) is -9.52. The number of benzene rings is 3. The van der Waals surface area contributed by atoms with Gasteiger partial charge in [0, 0.05) is 22.3 Å². The van der Waals surface area contributed by atoms with Crippen molar-refractivity contribution in [2.24, 2.45) is 0 Å². The third kappa shape index (κ3) is 5.34. The van der Waals surface area contributed by atoms with Gasteiger partial charge in [-0.2, -0.15) is 16.8 Å². The van der Waals surface area contributed by atoms with Crippen molar-refractivity contribution in [1.82, 2.24) is 0 Å². The van der Waals surface area contributed by atoms with Crippen LogP contribution < -0.4 is 40.6 Å². The number of hydrogen-bond acceptors (Lipinski definition) is 6. The third-order valence-corrected chi connectivity index (χ3v) is 5.62. The normalized spacial score (nSPS) is 11.7. The minimum absolute atomic E-state index is 0. The number of carbonyl (C=O) groups is 1. The topological polar surface area (TPSA) is 164 Å². The summed E-state index contributed by atoms with van der Waals surface area (Å²) in [5.74, 6) is -0.484. The Morgan fingerprint density at radius 2 is 1.48 bits per heavy atom. The van der Waals surface area contributed by atoms with E-state index in [0.717, 1.165) is 6.07 Å². The van der Waals surface area contributed by atoms with Gasteiger partial charge in [-0.05, 0) is 53.9 Å². The molecule has 0 spiro atoms. The van der Waals surface area contributed by atoms with Crippen molar-refractivity contribution >= 4 is 48.3 Å². The fourth-order valence-corrected chi connectivity index (χ4v) is 3.92. The maximum absolute atomic E-state index is 12.3. The summed E-state index contributed by atoms with van der Waals surface area (Å²) >= 11 is 0. The fourth-order valence-electron chi connectivity index (χ4n) is 2.58. The summed E-state index contributed by atoms with van der Waals surface area (Å²) < 4.78 is 64.7. The number of carbonyl (C=O) groups excluding carboxylic acids is 1. The van der Waals surface area contributed by atoms with Crippen LogP contribution in [0.25, 0.3) is 10.8 Å². The molecule has 0 aliphatic carbocycles. The molecular weight excluding hydrogens is 431 g/mol. The number of fused-ring (bicyclic) bond motifs is 1. The molecule has 9 nitrogen and oxygen atoms in total. The second kappa shape index (κ2) is 8.40. The molecule has 0 heterocycles. The Labute approximate surface area is 188 Å². The van der Waals surface area contributed by atoms with Gasteiger partial charge in [0.1, 0.15) is 4.90 Å². The van der Waals surface area contributed by atoms with Crippen LogP contribution in [0.2, 0.25) is 0 Å². The van der Waals surface area contributed by atoms with Crippen LogP contribution in [0, 0.1) is 0 Å². The van der Waals surface area contributed by atoms with Crippen LogP contribution in [0.1, 0.15) is 10.4 Å². The molecule has 5 N–H and O–H groups in total. The van der Waals surface area contributed by atoms with Crippen LogP contribution in [-0.4, -0.2) is 31.8 Å². The number of nitrogens with one attached hydrogen (secondary N) is 1. The number of anilines is 2. The van der Waals surface area contributed by atoms with Crippen molar-refractivity contribution in [3.63, 3.8) is 0 Å². The van der Waals surface area contributed by atoms with E-state index < -0.39 is 35.9 Å². The molecular formula is C17H14N2NaO7S2+. The number of amides is 1. The van der Waals surface area contributed by atoms with Crippen LogP contribution in [0.3, 0.4) is 0 Å². The van der Waals surface area contributed by atoms with Gasteiger partial charge < -0.3 is 11.1 Å². The van der Waals surface area contributed by atoms with Gasteiger partial charge in [0.05, 0.1) is 4.90 Å². The minimum Gasteiger partial charge on any atom is -0.399 e. The molecule has 3 aromatic carbocycles. The molecule has 0 fully saturated rings. The molecule has 0 aliphatic heterocycles. The Morgan fingerprint density at radius 3 is 2.03 bits per heavy atom. The Hall–Kier alpha value is -1.99. The smallest absolute Gasteiger partial charge is 0.399 e.